The van der Waals surface area contributed by atoms with Gasteiger partial charge in [0.2, 0.25) is 0 Å². The average Bonchev–Trinajstić information content (AvgIpc) is 2.38. The summed E-state index contributed by atoms with van der Waals surface area (Å²) in [6.45, 7) is 6.56. The second kappa shape index (κ2) is 6.16. The van der Waals surface area contributed by atoms with Crippen LogP contribution >= 0.6 is 0 Å². The van der Waals surface area contributed by atoms with Gasteiger partial charge in [0.05, 0.1) is 0 Å². The quantitative estimate of drug-likeness (QED) is 0.858. The Labute approximate surface area is 108 Å². The number of hydrogen-bond donors (Lipinski definition) is 2. The number of aromatic hydroxyl groups is 1. The highest BCUT2D eigenvalue weighted by Gasteiger charge is 2.12. The van der Waals surface area contributed by atoms with Crippen molar-refractivity contribution in [3.05, 3.63) is 29.3 Å². The van der Waals surface area contributed by atoms with E-state index in [9.17, 15) is 9.50 Å². The van der Waals surface area contributed by atoms with Gasteiger partial charge in [-0.15, -0.1) is 0 Å². The molecule has 100 valence electrons. The van der Waals surface area contributed by atoms with Crippen molar-refractivity contribution in [3.63, 3.8) is 0 Å². The fourth-order valence-corrected chi connectivity index (χ4v) is 2.27. The van der Waals surface area contributed by atoms with Gasteiger partial charge in [0.15, 0.2) is 0 Å². The molecule has 0 saturated carbocycles. The first-order chi connectivity index (χ1) is 8.66. The lowest BCUT2D eigenvalue weighted by Gasteiger charge is -2.27. The molecule has 4 heteroatoms. The minimum absolute atomic E-state index is 0.273. The number of phenolic OH excluding ortho intramolecular Hbond substituents is 1. The van der Waals surface area contributed by atoms with E-state index in [4.69, 9.17) is 0 Å². The van der Waals surface area contributed by atoms with Gasteiger partial charge in [-0.25, -0.2) is 4.39 Å². The summed E-state index contributed by atoms with van der Waals surface area (Å²) in [6, 6.07) is 5.02. The Morgan fingerprint density at radius 2 is 2.11 bits per heavy atom. The Kier molecular flexibility index (Phi) is 4.55. The van der Waals surface area contributed by atoms with Crippen molar-refractivity contribution in [2.45, 2.75) is 19.5 Å². The summed E-state index contributed by atoms with van der Waals surface area (Å²) in [5, 5.41) is 13.1. The number of rotatable bonds is 4. The highest BCUT2D eigenvalue weighted by atomic mass is 19.1. The normalized spacial score (nSPS) is 18.8. The number of alkyl halides is 1. The largest absolute Gasteiger partial charge is 0.508 e. The van der Waals surface area contributed by atoms with E-state index in [1.54, 1.807) is 18.2 Å². The highest BCUT2D eigenvalue weighted by Crippen LogP contribution is 2.24. The minimum Gasteiger partial charge on any atom is -0.508 e. The molecular formula is C14H21FN2O. The number of benzene rings is 1. The Hall–Kier alpha value is -1.13. The zero-order valence-electron chi connectivity index (χ0n) is 10.8. The Bertz CT molecular complexity index is 389. The molecule has 1 heterocycles. The molecular weight excluding hydrogens is 231 g/mol. The lowest BCUT2D eigenvalue weighted by atomic mass is 10.0. The van der Waals surface area contributed by atoms with Gasteiger partial charge < -0.3 is 15.3 Å². The molecule has 1 aliphatic heterocycles. The van der Waals surface area contributed by atoms with Crippen LogP contribution in [0, 0.1) is 0 Å². The van der Waals surface area contributed by atoms with Gasteiger partial charge in [0.25, 0.3) is 0 Å². The molecule has 18 heavy (non-hydrogen) atoms. The van der Waals surface area contributed by atoms with Crippen molar-refractivity contribution in [1.82, 2.24) is 10.2 Å². The molecule has 1 unspecified atom stereocenters. The van der Waals surface area contributed by atoms with Crippen LogP contribution in [0.15, 0.2) is 18.2 Å². The monoisotopic (exact) mass is 252 g/mol. The van der Waals surface area contributed by atoms with Gasteiger partial charge in [-0.1, -0.05) is 6.07 Å². The van der Waals surface area contributed by atoms with Crippen LogP contribution in [0.3, 0.4) is 0 Å². The molecule has 1 aliphatic rings. The van der Waals surface area contributed by atoms with Crippen LogP contribution in [-0.2, 0) is 6.42 Å². The minimum atomic E-state index is -0.983. The molecule has 3 nitrogen and oxygen atoms in total. The predicted molar refractivity (Wildman–Crippen MR) is 70.6 cm³/mol. The number of hydrogen-bond acceptors (Lipinski definition) is 3. The molecule has 1 fully saturated rings. The summed E-state index contributed by atoms with van der Waals surface area (Å²) >= 11 is 0. The predicted octanol–water partition coefficient (Wildman–Crippen LogP) is 1.87. The van der Waals surface area contributed by atoms with Gasteiger partial charge in [0.1, 0.15) is 11.9 Å². The van der Waals surface area contributed by atoms with Crippen molar-refractivity contribution in [2.24, 2.45) is 0 Å². The van der Waals surface area contributed by atoms with Crippen molar-refractivity contribution >= 4 is 0 Å². The molecule has 1 aromatic rings. The molecule has 2 N–H and O–H groups in total. The van der Waals surface area contributed by atoms with Gasteiger partial charge in [-0.3, -0.25) is 0 Å². The summed E-state index contributed by atoms with van der Waals surface area (Å²) in [4.78, 5) is 2.36. The molecule has 0 amide bonds. The topological polar surface area (TPSA) is 35.5 Å². The first-order valence-corrected chi connectivity index (χ1v) is 6.56. The first-order valence-electron chi connectivity index (χ1n) is 6.56. The molecule has 1 aromatic carbocycles. The van der Waals surface area contributed by atoms with E-state index in [2.05, 4.69) is 10.2 Å². The Balaban J connectivity index is 1.97. The molecule has 0 aliphatic carbocycles. The van der Waals surface area contributed by atoms with Crippen molar-refractivity contribution < 1.29 is 9.50 Å². The van der Waals surface area contributed by atoms with Crippen LogP contribution in [0.5, 0.6) is 5.75 Å². The van der Waals surface area contributed by atoms with Crippen LogP contribution in [0.2, 0.25) is 0 Å². The molecule has 0 spiro atoms. The van der Waals surface area contributed by atoms with Crippen molar-refractivity contribution in [2.75, 3.05) is 32.7 Å². The van der Waals surface area contributed by atoms with Gasteiger partial charge >= 0.3 is 0 Å². The smallest absolute Gasteiger partial charge is 0.122 e. The fourth-order valence-electron chi connectivity index (χ4n) is 2.27. The lowest BCUT2D eigenvalue weighted by molar-refractivity contribution is 0.243. The number of nitrogens with zero attached hydrogens (tertiary/aromatic N) is 1. The van der Waals surface area contributed by atoms with Crippen LogP contribution in [0.25, 0.3) is 0 Å². The summed E-state index contributed by atoms with van der Waals surface area (Å²) in [6.07, 6.45) is -0.213. The Morgan fingerprint density at radius 3 is 2.78 bits per heavy atom. The zero-order chi connectivity index (χ0) is 13.0. The maximum atomic E-state index is 13.2. The third-order valence-corrected chi connectivity index (χ3v) is 3.47. The average molecular weight is 252 g/mol. The third-order valence-electron chi connectivity index (χ3n) is 3.47. The maximum absolute atomic E-state index is 13.2. The highest BCUT2D eigenvalue weighted by molar-refractivity contribution is 5.37. The van der Waals surface area contributed by atoms with Crippen molar-refractivity contribution in [3.8, 4) is 5.75 Å². The van der Waals surface area contributed by atoms with E-state index in [1.807, 2.05) is 0 Å². The first kappa shape index (κ1) is 13.3. The lowest BCUT2D eigenvalue weighted by Crippen LogP contribution is -2.44. The number of phenols is 1. The van der Waals surface area contributed by atoms with Crippen LogP contribution in [0.4, 0.5) is 4.39 Å². The van der Waals surface area contributed by atoms with E-state index >= 15 is 0 Å². The molecule has 0 radical (unpaired) electrons. The zero-order valence-corrected chi connectivity index (χ0v) is 10.8. The molecule has 2 rings (SSSR count). The van der Waals surface area contributed by atoms with E-state index in [1.165, 1.54) is 6.92 Å². The molecule has 1 saturated heterocycles. The van der Waals surface area contributed by atoms with E-state index < -0.39 is 6.17 Å². The summed E-state index contributed by atoms with van der Waals surface area (Å²) in [5.41, 5.74) is 1.48. The second-order valence-corrected chi connectivity index (χ2v) is 4.85. The maximum Gasteiger partial charge on any atom is 0.122 e. The Morgan fingerprint density at radius 1 is 1.39 bits per heavy atom. The van der Waals surface area contributed by atoms with Gasteiger partial charge in [0, 0.05) is 32.7 Å². The fraction of sp³-hybridized carbons (Fsp3) is 0.571. The third kappa shape index (κ3) is 3.43. The van der Waals surface area contributed by atoms with E-state index in [0.717, 1.165) is 44.7 Å². The van der Waals surface area contributed by atoms with Crippen LogP contribution < -0.4 is 5.32 Å². The number of nitrogens with one attached hydrogen (secondary N) is 1. The van der Waals surface area contributed by atoms with Gasteiger partial charge in [-0.05, 0) is 36.6 Å². The van der Waals surface area contributed by atoms with Crippen LogP contribution in [-0.4, -0.2) is 42.7 Å². The molecule has 0 bridgehead atoms. The summed E-state index contributed by atoms with van der Waals surface area (Å²) in [7, 11) is 0. The van der Waals surface area contributed by atoms with E-state index in [-0.39, 0.29) is 5.75 Å². The van der Waals surface area contributed by atoms with Crippen LogP contribution in [0.1, 0.15) is 24.2 Å². The van der Waals surface area contributed by atoms with E-state index in [0.29, 0.717) is 5.56 Å². The second-order valence-electron chi connectivity index (χ2n) is 4.85. The van der Waals surface area contributed by atoms with Gasteiger partial charge in [-0.2, -0.15) is 0 Å². The summed E-state index contributed by atoms with van der Waals surface area (Å²) < 4.78 is 13.2. The SMILES string of the molecule is CC(F)c1ccc(O)c(CCN2CCNCC2)c1. The molecule has 1 atom stereocenters. The number of piperazine rings is 1. The standard InChI is InChI=1S/C14H21FN2O/c1-11(15)12-2-3-14(18)13(10-12)4-7-17-8-5-16-6-9-17/h2-3,10-11,16,18H,4-9H2,1H3. The molecule has 0 aromatic heterocycles. The number of halogens is 1. The summed E-state index contributed by atoms with van der Waals surface area (Å²) in [5.74, 6) is 0.273. The van der Waals surface area contributed by atoms with Crippen molar-refractivity contribution in [1.29, 1.82) is 0 Å².